The van der Waals surface area contributed by atoms with Crippen molar-refractivity contribution in [2.75, 3.05) is 0 Å². The highest BCUT2D eigenvalue weighted by Gasteiger charge is 2.26. The Morgan fingerprint density at radius 2 is 0.525 bits per heavy atom. The molecule has 0 amide bonds. The van der Waals surface area contributed by atoms with E-state index in [1.165, 1.54) is 0 Å². The summed E-state index contributed by atoms with van der Waals surface area (Å²) in [6.07, 6.45) is 7.71. The Bertz CT molecular complexity index is 4350. The third-order valence-corrected chi connectivity index (χ3v) is 15.1. The number of hydrogen-bond acceptors (Lipinski definition) is 10. The fourth-order valence-electron chi connectivity index (χ4n) is 11.1. The Balaban J connectivity index is 0.900. The van der Waals surface area contributed by atoms with Crippen LogP contribution >= 0.6 is 0 Å². The van der Waals surface area contributed by atoms with E-state index < -0.39 is 0 Å². The first-order chi connectivity index (χ1) is 39.3. The normalized spacial score (nSPS) is 13.7. The molecule has 0 aliphatic carbocycles. The van der Waals surface area contributed by atoms with Crippen LogP contribution in [-0.2, 0) is 0 Å². The number of phenols is 4. The number of aromatic nitrogens is 6. The van der Waals surface area contributed by atoms with Gasteiger partial charge in [0.1, 0.15) is 23.0 Å². The molecular formula is C68H42N8O4. The number of aliphatic imine (C=N–C) groups is 2. The van der Waals surface area contributed by atoms with Crippen LogP contribution in [0.25, 0.3) is 101 Å². The third-order valence-electron chi connectivity index (χ3n) is 15.1. The smallest absolute Gasteiger partial charge is 0.134 e. The summed E-state index contributed by atoms with van der Waals surface area (Å²) >= 11 is 0. The third kappa shape index (κ3) is 7.61. The quantitative estimate of drug-likeness (QED) is 0.0986. The number of aromatic hydroxyl groups is 4. The lowest BCUT2D eigenvalue weighted by Crippen LogP contribution is -1.98. The number of phenolic OH excluding ortho intramolecular Hbond substituents is 4. The lowest BCUT2D eigenvalue weighted by atomic mass is 9.95. The van der Waals surface area contributed by atoms with Crippen molar-refractivity contribution >= 4 is 22.6 Å². The van der Waals surface area contributed by atoms with Gasteiger partial charge in [0.15, 0.2) is 0 Å². The molecule has 12 heteroatoms. The molecule has 11 aromatic rings. The second-order valence-electron chi connectivity index (χ2n) is 19.8. The summed E-state index contributed by atoms with van der Waals surface area (Å²) < 4.78 is 0. The van der Waals surface area contributed by atoms with E-state index in [4.69, 9.17) is 29.9 Å². The lowest BCUT2D eigenvalue weighted by Gasteiger charge is -2.13. The Hall–Kier alpha value is -11.2. The van der Waals surface area contributed by atoms with Crippen molar-refractivity contribution in [3.05, 3.63) is 263 Å². The average Bonchev–Trinajstić information content (AvgIpc) is 4.45. The van der Waals surface area contributed by atoms with Crippen LogP contribution in [0, 0.1) is 0 Å². The summed E-state index contributed by atoms with van der Waals surface area (Å²) in [5.74, 6) is 0.229. The minimum absolute atomic E-state index is 0.0456. The predicted molar refractivity (Wildman–Crippen MR) is 313 cm³/mol. The molecule has 15 rings (SSSR count). The molecule has 0 atom stereocenters. The Labute approximate surface area is 457 Å². The van der Waals surface area contributed by atoms with Gasteiger partial charge in [-0.05, 0) is 157 Å². The number of allylic oxidation sites excluding steroid dienone is 4. The molecule has 6 aromatic heterocycles. The van der Waals surface area contributed by atoms with Crippen LogP contribution in [0.15, 0.2) is 240 Å². The molecule has 80 heavy (non-hydrogen) atoms. The van der Waals surface area contributed by atoms with Gasteiger partial charge in [0.05, 0.1) is 68.4 Å². The number of nitrogens with zero attached hydrogens (tertiary/aromatic N) is 6. The molecule has 0 unspecified atom stereocenters. The van der Waals surface area contributed by atoms with Crippen LogP contribution in [0.2, 0.25) is 0 Å². The van der Waals surface area contributed by atoms with E-state index in [9.17, 15) is 20.4 Å². The first-order valence-corrected chi connectivity index (χ1v) is 26.0. The fraction of sp³-hybridized carbons (Fsp3) is 0. The minimum Gasteiger partial charge on any atom is -0.507 e. The Kier molecular flexibility index (Phi) is 10.5. The van der Waals surface area contributed by atoms with E-state index in [0.717, 1.165) is 33.7 Å². The number of para-hydroxylation sites is 4. The van der Waals surface area contributed by atoms with Gasteiger partial charge in [0.2, 0.25) is 0 Å². The van der Waals surface area contributed by atoms with Crippen molar-refractivity contribution in [3.63, 3.8) is 0 Å². The second kappa shape index (κ2) is 18.2. The number of fused-ring (bicyclic) bond motifs is 32. The van der Waals surface area contributed by atoms with Crippen molar-refractivity contribution in [2.24, 2.45) is 9.98 Å². The van der Waals surface area contributed by atoms with Gasteiger partial charge in [-0.1, -0.05) is 72.8 Å². The van der Waals surface area contributed by atoms with Crippen molar-refractivity contribution in [2.45, 2.75) is 0 Å². The summed E-state index contributed by atoms with van der Waals surface area (Å²) in [6.45, 7) is 0. The SMILES string of the molecule is Oc1c2cccc1-c1cccc(n1)-c1cccc(n1)-c1cccc(c1O)-c1ccc([nH]1)C(c1ccc(C3=C4C=CC(=N4)c4cccc(c4O)-c4cccc(n4)-c4cccc(n4)-c4cccc(c4O)-c4ccc3[nH]4)cc1)=C1C=CC2=N1. The summed E-state index contributed by atoms with van der Waals surface area (Å²) in [6, 6.07) is 61.0. The highest BCUT2D eigenvalue weighted by molar-refractivity contribution is 6.16. The number of pyridine rings is 4. The largest absolute Gasteiger partial charge is 0.507 e. The Morgan fingerprint density at radius 3 is 0.875 bits per heavy atom. The molecule has 0 saturated heterocycles. The van der Waals surface area contributed by atoms with Crippen LogP contribution in [0.3, 0.4) is 0 Å². The predicted octanol–water partition coefficient (Wildman–Crippen LogP) is 14.3. The first-order valence-electron chi connectivity index (χ1n) is 26.0. The molecule has 0 radical (unpaired) electrons. The van der Waals surface area contributed by atoms with E-state index in [1.807, 2.05) is 218 Å². The van der Waals surface area contributed by atoms with Gasteiger partial charge in [-0.15, -0.1) is 0 Å². The summed E-state index contributed by atoms with van der Waals surface area (Å²) in [4.78, 5) is 37.6. The van der Waals surface area contributed by atoms with E-state index >= 15 is 0 Å². The van der Waals surface area contributed by atoms with E-state index in [0.29, 0.717) is 124 Å². The van der Waals surface area contributed by atoms with Crippen LogP contribution < -0.4 is 0 Å². The molecule has 4 aliphatic heterocycles. The number of H-pyrrole nitrogens is 2. The molecule has 24 bridgehead atoms. The lowest BCUT2D eigenvalue weighted by molar-refractivity contribution is 0.475. The van der Waals surface area contributed by atoms with Crippen LogP contribution in [0.5, 0.6) is 23.0 Å². The molecule has 10 heterocycles. The van der Waals surface area contributed by atoms with Gasteiger partial charge in [-0.3, -0.25) is 0 Å². The molecule has 0 spiro atoms. The standard InChI is InChI=1S/C68H42N8O4/c77-65-39-9-1-13-43(65)51-29-33-59(73-51)63(60-34-30-52(74-60)44-14-2-10-40(66(44)78)48-18-6-22-56(70-48)55-21-5-17-47(39)69-55)37-25-27-38(28-26-37)64-61-35-31-53(75-61)45-15-3-11-41(67(45)79)49-19-7-23-57(71-49)58-24-8-20-50(72-58)42-12-4-16-46(68(42)80)54-32-36-62(64)76-54/h1-36,73,75,77-80H. The van der Waals surface area contributed by atoms with Gasteiger partial charge in [-0.25, -0.2) is 29.9 Å². The van der Waals surface area contributed by atoms with E-state index in [2.05, 4.69) is 9.97 Å². The number of hydrogen-bond donors (Lipinski definition) is 6. The highest BCUT2D eigenvalue weighted by atomic mass is 16.3. The van der Waals surface area contributed by atoms with Gasteiger partial charge in [0.25, 0.3) is 0 Å². The number of nitrogens with one attached hydrogen (secondary N) is 2. The highest BCUT2D eigenvalue weighted by Crippen LogP contribution is 2.44. The van der Waals surface area contributed by atoms with Gasteiger partial charge >= 0.3 is 0 Å². The van der Waals surface area contributed by atoms with Crippen LogP contribution in [0.4, 0.5) is 0 Å². The maximum atomic E-state index is 12.0. The average molecular weight is 1040 g/mol. The van der Waals surface area contributed by atoms with Crippen molar-refractivity contribution in [3.8, 4) is 113 Å². The molecule has 6 N–H and O–H groups in total. The molecule has 378 valence electrons. The van der Waals surface area contributed by atoms with Crippen LogP contribution in [0.1, 0.15) is 33.6 Å². The number of benzene rings is 5. The van der Waals surface area contributed by atoms with Gasteiger partial charge in [-0.2, -0.15) is 0 Å². The fourth-order valence-corrected chi connectivity index (χ4v) is 11.1. The summed E-state index contributed by atoms with van der Waals surface area (Å²) in [5, 5.41) is 48.1. The first kappa shape index (κ1) is 46.1. The summed E-state index contributed by atoms with van der Waals surface area (Å²) in [5.41, 5.74) is 17.7. The molecule has 5 aromatic carbocycles. The number of rotatable bonds is 2. The zero-order valence-electron chi connectivity index (χ0n) is 42.3. The molecular weight excluding hydrogens is 993 g/mol. The topological polar surface area (TPSA) is 189 Å². The Morgan fingerprint density at radius 1 is 0.250 bits per heavy atom. The van der Waals surface area contributed by atoms with E-state index in [-0.39, 0.29) is 23.0 Å². The van der Waals surface area contributed by atoms with Crippen LogP contribution in [-0.4, -0.2) is 61.8 Å². The molecule has 0 fully saturated rings. The number of aromatic amines is 2. The maximum Gasteiger partial charge on any atom is 0.134 e. The van der Waals surface area contributed by atoms with Crippen molar-refractivity contribution < 1.29 is 20.4 Å². The van der Waals surface area contributed by atoms with Crippen molar-refractivity contribution in [1.29, 1.82) is 0 Å². The minimum atomic E-state index is 0.0456. The molecule has 0 saturated carbocycles. The second-order valence-corrected chi connectivity index (χ2v) is 19.8. The monoisotopic (exact) mass is 1030 g/mol. The van der Waals surface area contributed by atoms with Gasteiger partial charge in [0, 0.05) is 78.4 Å². The molecule has 12 nitrogen and oxygen atoms in total. The zero-order chi connectivity index (χ0) is 53.6. The summed E-state index contributed by atoms with van der Waals surface area (Å²) in [7, 11) is 0. The van der Waals surface area contributed by atoms with E-state index in [1.54, 1.807) is 0 Å². The maximum absolute atomic E-state index is 12.0. The van der Waals surface area contributed by atoms with Gasteiger partial charge < -0.3 is 30.4 Å². The van der Waals surface area contributed by atoms with Crippen molar-refractivity contribution in [1.82, 2.24) is 29.9 Å². The zero-order valence-corrected chi connectivity index (χ0v) is 42.3. The molecule has 4 aliphatic rings.